The van der Waals surface area contributed by atoms with Crippen molar-refractivity contribution in [3.63, 3.8) is 0 Å². The maximum atomic E-state index is 11.4. The van der Waals surface area contributed by atoms with Crippen molar-refractivity contribution >= 4 is 39.8 Å². The fourth-order valence-corrected chi connectivity index (χ4v) is 2.35. The van der Waals surface area contributed by atoms with Gasteiger partial charge in [0.25, 0.3) is 0 Å². The highest BCUT2D eigenvalue weighted by Gasteiger charge is 2.15. The second kappa shape index (κ2) is 5.96. The lowest BCUT2D eigenvalue weighted by Gasteiger charge is -2.20. The van der Waals surface area contributed by atoms with Gasteiger partial charge in [0.15, 0.2) is 0 Å². The van der Waals surface area contributed by atoms with Crippen molar-refractivity contribution in [3.8, 4) is 0 Å². The third-order valence-corrected chi connectivity index (χ3v) is 3.38. The second-order valence-electron chi connectivity index (χ2n) is 4.34. The molecule has 0 fully saturated rings. The van der Waals surface area contributed by atoms with E-state index in [1.807, 2.05) is 25.2 Å². The van der Waals surface area contributed by atoms with Gasteiger partial charge in [0.05, 0.1) is 24.0 Å². The summed E-state index contributed by atoms with van der Waals surface area (Å²) in [5.74, 6) is 0.370. The van der Waals surface area contributed by atoms with E-state index in [1.165, 1.54) is 7.11 Å². The number of halogens is 1. The first-order valence-corrected chi connectivity index (χ1v) is 6.49. The number of nitrogens with one attached hydrogen (secondary N) is 1. The van der Waals surface area contributed by atoms with E-state index in [0.29, 0.717) is 10.8 Å². The van der Waals surface area contributed by atoms with Crippen LogP contribution in [0.2, 0.25) is 5.02 Å². The second-order valence-corrected chi connectivity index (χ2v) is 4.75. The van der Waals surface area contributed by atoms with Crippen LogP contribution in [0.25, 0.3) is 10.8 Å². The van der Waals surface area contributed by atoms with Crippen LogP contribution in [0.5, 0.6) is 0 Å². The van der Waals surface area contributed by atoms with Crippen LogP contribution in [0.15, 0.2) is 24.4 Å². The van der Waals surface area contributed by atoms with Gasteiger partial charge in [-0.15, -0.1) is 0 Å². The SMILES string of the molecule is CNc1cnc(N(C)CC(=O)OC)c2cccc(Cl)c12. The topological polar surface area (TPSA) is 54.5 Å². The standard InChI is InChI=1S/C14H16ClN3O2/c1-16-11-7-17-14(18(2)8-12(19)20-3)9-5-4-6-10(15)13(9)11/h4-7,16H,8H2,1-3H3. The van der Waals surface area contributed by atoms with Gasteiger partial charge in [-0.05, 0) is 6.07 Å². The first-order valence-electron chi connectivity index (χ1n) is 6.11. The third-order valence-electron chi connectivity index (χ3n) is 3.06. The van der Waals surface area contributed by atoms with E-state index in [-0.39, 0.29) is 12.5 Å². The lowest BCUT2D eigenvalue weighted by Crippen LogP contribution is -2.27. The largest absolute Gasteiger partial charge is 0.468 e. The van der Waals surface area contributed by atoms with E-state index in [9.17, 15) is 4.79 Å². The summed E-state index contributed by atoms with van der Waals surface area (Å²) in [5.41, 5.74) is 0.848. The molecule has 1 aromatic carbocycles. The molecular formula is C14H16ClN3O2. The highest BCUT2D eigenvalue weighted by molar-refractivity contribution is 6.37. The molecule has 1 heterocycles. The molecule has 0 aliphatic carbocycles. The van der Waals surface area contributed by atoms with E-state index in [1.54, 1.807) is 18.1 Å². The quantitative estimate of drug-likeness (QED) is 0.878. The number of carbonyl (C=O) groups excluding carboxylic acids is 1. The van der Waals surface area contributed by atoms with E-state index in [2.05, 4.69) is 15.0 Å². The molecule has 20 heavy (non-hydrogen) atoms. The Morgan fingerprint density at radius 3 is 2.90 bits per heavy atom. The number of carbonyl (C=O) groups is 1. The van der Waals surface area contributed by atoms with Crippen molar-refractivity contribution in [2.24, 2.45) is 0 Å². The first-order chi connectivity index (χ1) is 9.58. The number of nitrogens with zero attached hydrogens (tertiary/aromatic N) is 2. The number of hydrogen-bond acceptors (Lipinski definition) is 5. The van der Waals surface area contributed by atoms with E-state index < -0.39 is 0 Å². The summed E-state index contributed by atoms with van der Waals surface area (Å²) in [6.07, 6.45) is 1.71. The number of anilines is 2. The molecule has 2 rings (SSSR count). The molecule has 0 aliphatic heterocycles. The highest BCUT2D eigenvalue weighted by Crippen LogP contribution is 2.34. The fourth-order valence-electron chi connectivity index (χ4n) is 2.07. The predicted molar refractivity (Wildman–Crippen MR) is 81.6 cm³/mol. The Morgan fingerprint density at radius 1 is 1.50 bits per heavy atom. The summed E-state index contributed by atoms with van der Waals surface area (Å²) in [4.78, 5) is 17.5. The zero-order chi connectivity index (χ0) is 14.7. The van der Waals surface area contributed by atoms with Crippen molar-refractivity contribution < 1.29 is 9.53 Å². The molecule has 0 saturated carbocycles. The van der Waals surface area contributed by atoms with Crippen molar-refractivity contribution in [3.05, 3.63) is 29.4 Å². The Morgan fingerprint density at radius 2 is 2.25 bits per heavy atom. The molecular weight excluding hydrogens is 278 g/mol. The molecule has 0 radical (unpaired) electrons. The van der Waals surface area contributed by atoms with E-state index >= 15 is 0 Å². The highest BCUT2D eigenvalue weighted by atomic mass is 35.5. The van der Waals surface area contributed by atoms with E-state index in [0.717, 1.165) is 16.5 Å². The smallest absolute Gasteiger partial charge is 0.325 e. The number of rotatable bonds is 4. The van der Waals surface area contributed by atoms with Crippen molar-refractivity contribution in [2.75, 3.05) is 38.0 Å². The first kappa shape index (κ1) is 14.4. The molecule has 6 heteroatoms. The number of ether oxygens (including phenoxy) is 1. The number of esters is 1. The molecule has 0 spiro atoms. The number of pyridine rings is 1. The minimum absolute atomic E-state index is 0.129. The molecule has 0 atom stereocenters. The Bertz CT molecular complexity index is 646. The maximum Gasteiger partial charge on any atom is 0.325 e. The normalized spacial score (nSPS) is 10.4. The lowest BCUT2D eigenvalue weighted by molar-refractivity contribution is -0.138. The monoisotopic (exact) mass is 293 g/mol. The summed E-state index contributed by atoms with van der Waals surface area (Å²) in [6, 6.07) is 5.62. The molecule has 0 bridgehead atoms. The van der Waals surface area contributed by atoms with Crippen LogP contribution in [-0.2, 0) is 9.53 Å². The molecule has 1 N–H and O–H groups in total. The molecule has 0 saturated heterocycles. The van der Waals surface area contributed by atoms with E-state index in [4.69, 9.17) is 11.6 Å². The van der Waals surface area contributed by atoms with Gasteiger partial charge >= 0.3 is 5.97 Å². The Labute approximate surface area is 122 Å². The Kier molecular flexibility index (Phi) is 4.29. The van der Waals surface area contributed by atoms with Crippen LogP contribution in [0, 0.1) is 0 Å². The minimum Gasteiger partial charge on any atom is -0.468 e. The minimum atomic E-state index is -0.317. The van der Waals surface area contributed by atoms with Crippen molar-refractivity contribution in [2.45, 2.75) is 0 Å². The third kappa shape index (κ3) is 2.63. The molecule has 106 valence electrons. The number of benzene rings is 1. The summed E-state index contributed by atoms with van der Waals surface area (Å²) >= 11 is 6.27. The average molecular weight is 294 g/mol. The number of aromatic nitrogens is 1. The number of likely N-dealkylation sites (N-methyl/N-ethyl adjacent to an activating group) is 1. The molecule has 5 nitrogen and oxygen atoms in total. The number of fused-ring (bicyclic) bond motifs is 1. The molecule has 2 aromatic rings. The van der Waals surface area contributed by atoms with Crippen LogP contribution in [-0.4, -0.2) is 38.7 Å². The Balaban J connectivity index is 2.55. The molecule has 0 aliphatic rings. The van der Waals surface area contributed by atoms with Crippen LogP contribution >= 0.6 is 11.6 Å². The van der Waals surface area contributed by atoms with Gasteiger partial charge in [-0.1, -0.05) is 23.7 Å². The van der Waals surface area contributed by atoms with Gasteiger partial charge in [0, 0.05) is 24.9 Å². The molecule has 1 aromatic heterocycles. The van der Waals surface area contributed by atoms with Gasteiger partial charge in [-0.3, -0.25) is 4.79 Å². The summed E-state index contributed by atoms with van der Waals surface area (Å²) in [6.45, 7) is 0.129. The summed E-state index contributed by atoms with van der Waals surface area (Å²) in [5, 5.41) is 5.48. The van der Waals surface area contributed by atoms with Crippen LogP contribution in [0.1, 0.15) is 0 Å². The van der Waals surface area contributed by atoms with Crippen LogP contribution in [0.3, 0.4) is 0 Å². The summed E-state index contributed by atoms with van der Waals surface area (Å²) < 4.78 is 4.68. The van der Waals surface area contributed by atoms with Gasteiger partial charge in [-0.2, -0.15) is 0 Å². The Hall–Kier alpha value is -2.01. The predicted octanol–water partition coefficient (Wildman–Crippen LogP) is 2.54. The fraction of sp³-hybridized carbons (Fsp3) is 0.286. The zero-order valence-corrected chi connectivity index (χ0v) is 12.4. The van der Waals surface area contributed by atoms with Crippen molar-refractivity contribution in [1.82, 2.24) is 4.98 Å². The number of hydrogen-bond donors (Lipinski definition) is 1. The molecule has 0 amide bonds. The zero-order valence-electron chi connectivity index (χ0n) is 11.6. The maximum absolute atomic E-state index is 11.4. The van der Waals surface area contributed by atoms with Crippen LogP contribution < -0.4 is 10.2 Å². The van der Waals surface area contributed by atoms with Gasteiger partial charge in [0.2, 0.25) is 0 Å². The van der Waals surface area contributed by atoms with Crippen LogP contribution in [0.4, 0.5) is 11.5 Å². The molecule has 0 unspecified atom stereocenters. The average Bonchev–Trinajstić information content (AvgIpc) is 2.46. The number of methoxy groups -OCH3 is 1. The van der Waals surface area contributed by atoms with Gasteiger partial charge in [-0.25, -0.2) is 4.98 Å². The van der Waals surface area contributed by atoms with Gasteiger partial charge in [0.1, 0.15) is 12.4 Å². The summed E-state index contributed by atoms with van der Waals surface area (Å²) in [7, 11) is 4.97. The van der Waals surface area contributed by atoms with Crippen molar-refractivity contribution in [1.29, 1.82) is 0 Å². The lowest BCUT2D eigenvalue weighted by atomic mass is 10.1. The van der Waals surface area contributed by atoms with Gasteiger partial charge < -0.3 is 15.0 Å².